The van der Waals surface area contributed by atoms with Crippen molar-refractivity contribution in [2.75, 3.05) is 24.6 Å². The summed E-state index contributed by atoms with van der Waals surface area (Å²) < 4.78 is 5.31. The van der Waals surface area contributed by atoms with Crippen LogP contribution in [-0.4, -0.2) is 58.5 Å². The van der Waals surface area contributed by atoms with E-state index in [0.29, 0.717) is 18.7 Å². The number of non-ortho nitro benzene ring substituents is 1. The van der Waals surface area contributed by atoms with Gasteiger partial charge in [-0.15, -0.1) is 0 Å². The molecule has 2 aliphatic rings. The van der Waals surface area contributed by atoms with Crippen LogP contribution in [0.25, 0.3) is 0 Å². The molecule has 0 aliphatic carbocycles. The third-order valence-electron chi connectivity index (χ3n) is 5.03. The maximum absolute atomic E-state index is 12.9. The number of carbonyl (C=O) groups excluding carboxylic acids is 2. The number of carboxylic acids is 1. The van der Waals surface area contributed by atoms with Gasteiger partial charge in [0.1, 0.15) is 12.3 Å². The molecule has 2 amide bonds. The van der Waals surface area contributed by atoms with E-state index in [2.05, 4.69) is 0 Å². The van der Waals surface area contributed by atoms with Gasteiger partial charge in [-0.1, -0.05) is 0 Å². The highest BCUT2D eigenvalue weighted by Crippen LogP contribution is 2.35. The first-order chi connectivity index (χ1) is 13.4. The summed E-state index contributed by atoms with van der Waals surface area (Å²) in [7, 11) is 0. The molecule has 2 aliphatic heterocycles. The van der Waals surface area contributed by atoms with Gasteiger partial charge in [-0.05, 0) is 31.7 Å². The number of hydrogen-bond acceptors (Lipinski definition) is 6. The summed E-state index contributed by atoms with van der Waals surface area (Å²) in [6.07, 6.45) is 2.78. The second kappa shape index (κ2) is 8.24. The van der Waals surface area contributed by atoms with Crippen LogP contribution in [0.3, 0.4) is 0 Å². The number of fused-ring (bicyclic) bond motifs is 1. The van der Waals surface area contributed by atoms with Crippen molar-refractivity contribution in [3.8, 4) is 5.75 Å². The van der Waals surface area contributed by atoms with E-state index in [1.54, 1.807) is 4.90 Å². The molecular formula is C18H21N3O7. The maximum atomic E-state index is 12.9. The van der Waals surface area contributed by atoms with Gasteiger partial charge in [0.15, 0.2) is 6.61 Å². The molecule has 1 unspecified atom stereocenters. The number of anilines is 1. The van der Waals surface area contributed by atoms with Gasteiger partial charge < -0.3 is 14.7 Å². The number of carboxylic acid groups (broad SMARTS) is 1. The molecule has 1 fully saturated rings. The zero-order chi connectivity index (χ0) is 20.3. The first-order valence-electron chi connectivity index (χ1n) is 9.09. The number of piperidine rings is 1. The molecule has 1 N–H and O–H groups in total. The Morgan fingerprint density at radius 2 is 2.11 bits per heavy atom. The average Bonchev–Trinajstić information content (AvgIpc) is 2.68. The standard InChI is InChI=1S/C18H21N3O7/c22-16(19-8-2-1-3-12(19)5-7-18(24)25)10-20-14-9-13(21(26)27)4-6-15(14)28-11-17(20)23/h4,6,9,12H,1-3,5,7-8,10-11H2,(H,24,25). The van der Waals surface area contributed by atoms with Crippen LogP contribution >= 0.6 is 0 Å². The summed E-state index contributed by atoms with van der Waals surface area (Å²) in [5.74, 6) is -1.37. The van der Waals surface area contributed by atoms with E-state index < -0.39 is 16.8 Å². The van der Waals surface area contributed by atoms with Crippen LogP contribution in [0.1, 0.15) is 32.1 Å². The van der Waals surface area contributed by atoms with Crippen LogP contribution in [0.15, 0.2) is 18.2 Å². The molecular weight excluding hydrogens is 370 g/mol. The number of amides is 2. The van der Waals surface area contributed by atoms with E-state index in [1.807, 2.05) is 0 Å². The van der Waals surface area contributed by atoms with Gasteiger partial charge in [-0.25, -0.2) is 0 Å². The van der Waals surface area contributed by atoms with Crippen molar-refractivity contribution in [3.05, 3.63) is 28.3 Å². The lowest BCUT2D eigenvalue weighted by Crippen LogP contribution is -2.51. The third-order valence-corrected chi connectivity index (χ3v) is 5.03. The van der Waals surface area contributed by atoms with Gasteiger partial charge in [0.25, 0.3) is 11.6 Å². The summed E-state index contributed by atoms with van der Waals surface area (Å²) in [6, 6.07) is 3.73. The van der Waals surface area contributed by atoms with Gasteiger partial charge in [0.2, 0.25) is 5.91 Å². The molecule has 3 rings (SSSR count). The number of nitro benzene ring substituents is 1. The van der Waals surface area contributed by atoms with Crippen LogP contribution in [0.2, 0.25) is 0 Å². The number of carbonyl (C=O) groups is 3. The Labute approximate surface area is 160 Å². The van der Waals surface area contributed by atoms with Crippen molar-refractivity contribution in [2.24, 2.45) is 0 Å². The highest BCUT2D eigenvalue weighted by molar-refractivity contribution is 6.02. The summed E-state index contributed by atoms with van der Waals surface area (Å²) in [4.78, 5) is 49.4. The molecule has 28 heavy (non-hydrogen) atoms. The normalized spacial score (nSPS) is 19.0. The Morgan fingerprint density at radius 1 is 1.32 bits per heavy atom. The van der Waals surface area contributed by atoms with Gasteiger partial charge in [0.05, 0.1) is 10.6 Å². The number of hydrogen-bond donors (Lipinski definition) is 1. The van der Waals surface area contributed by atoms with E-state index >= 15 is 0 Å². The SMILES string of the molecule is O=C(O)CCC1CCCCN1C(=O)CN1C(=O)COc2ccc([N+](=O)[O-])cc21. The van der Waals surface area contributed by atoms with Crippen molar-refractivity contribution < 1.29 is 29.2 Å². The number of rotatable bonds is 6. The first kappa shape index (κ1) is 19.6. The molecule has 0 aromatic heterocycles. The molecule has 1 aromatic carbocycles. The van der Waals surface area contributed by atoms with Gasteiger partial charge in [-0.2, -0.15) is 0 Å². The van der Waals surface area contributed by atoms with E-state index in [0.717, 1.165) is 19.3 Å². The van der Waals surface area contributed by atoms with Crippen LogP contribution in [-0.2, 0) is 14.4 Å². The predicted molar refractivity (Wildman–Crippen MR) is 97.2 cm³/mol. The molecule has 0 spiro atoms. The molecule has 0 saturated carbocycles. The zero-order valence-corrected chi connectivity index (χ0v) is 15.2. The lowest BCUT2D eigenvalue weighted by molar-refractivity contribution is -0.384. The Kier molecular flexibility index (Phi) is 5.76. The molecule has 10 heteroatoms. The number of nitro groups is 1. The Bertz CT molecular complexity index is 810. The lowest BCUT2D eigenvalue weighted by Gasteiger charge is -2.37. The largest absolute Gasteiger partial charge is 0.482 e. The fraction of sp³-hybridized carbons (Fsp3) is 0.500. The summed E-state index contributed by atoms with van der Waals surface area (Å²) >= 11 is 0. The van der Waals surface area contributed by atoms with Crippen molar-refractivity contribution in [1.82, 2.24) is 4.90 Å². The molecule has 1 atom stereocenters. The van der Waals surface area contributed by atoms with Crippen molar-refractivity contribution in [2.45, 2.75) is 38.1 Å². The van der Waals surface area contributed by atoms with Gasteiger partial charge >= 0.3 is 5.97 Å². The molecule has 0 bridgehead atoms. The highest BCUT2D eigenvalue weighted by Gasteiger charge is 2.33. The smallest absolute Gasteiger partial charge is 0.303 e. The molecule has 1 aromatic rings. The van der Waals surface area contributed by atoms with Gasteiger partial charge in [-0.3, -0.25) is 29.4 Å². The molecule has 150 valence electrons. The minimum absolute atomic E-state index is 0.0278. The van der Waals surface area contributed by atoms with Crippen LogP contribution in [0, 0.1) is 10.1 Å². The van der Waals surface area contributed by atoms with E-state index in [9.17, 15) is 24.5 Å². The quantitative estimate of drug-likeness (QED) is 0.575. The van der Waals surface area contributed by atoms with E-state index in [-0.39, 0.29) is 42.9 Å². The maximum Gasteiger partial charge on any atom is 0.303 e. The number of nitrogens with zero attached hydrogens (tertiary/aromatic N) is 3. The third kappa shape index (κ3) is 4.21. The molecule has 0 radical (unpaired) electrons. The molecule has 2 heterocycles. The fourth-order valence-corrected chi connectivity index (χ4v) is 3.62. The van der Waals surface area contributed by atoms with Crippen LogP contribution < -0.4 is 9.64 Å². The van der Waals surface area contributed by atoms with Crippen LogP contribution in [0.5, 0.6) is 5.75 Å². The van der Waals surface area contributed by atoms with Crippen LogP contribution in [0.4, 0.5) is 11.4 Å². The first-order valence-corrected chi connectivity index (χ1v) is 9.09. The minimum atomic E-state index is -0.914. The monoisotopic (exact) mass is 391 g/mol. The Hall–Kier alpha value is -3.17. The molecule has 1 saturated heterocycles. The average molecular weight is 391 g/mol. The molecule has 10 nitrogen and oxygen atoms in total. The van der Waals surface area contributed by atoms with E-state index in [1.165, 1.54) is 23.1 Å². The number of ether oxygens (including phenoxy) is 1. The van der Waals surface area contributed by atoms with Crippen molar-refractivity contribution in [1.29, 1.82) is 0 Å². The fourth-order valence-electron chi connectivity index (χ4n) is 3.62. The number of aliphatic carboxylic acids is 1. The Balaban J connectivity index is 1.79. The second-order valence-electron chi connectivity index (χ2n) is 6.85. The van der Waals surface area contributed by atoms with Crippen molar-refractivity contribution in [3.63, 3.8) is 0 Å². The highest BCUT2D eigenvalue weighted by atomic mass is 16.6. The lowest BCUT2D eigenvalue weighted by atomic mass is 9.97. The summed E-state index contributed by atoms with van der Waals surface area (Å²) in [5, 5.41) is 20.0. The number of likely N-dealkylation sites (tertiary alicyclic amines) is 1. The minimum Gasteiger partial charge on any atom is -0.482 e. The van der Waals surface area contributed by atoms with Gasteiger partial charge in [0, 0.05) is 31.1 Å². The van der Waals surface area contributed by atoms with Crippen molar-refractivity contribution >= 4 is 29.2 Å². The number of benzene rings is 1. The zero-order valence-electron chi connectivity index (χ0n) is 15.2. The summed E-state index contributed by atoms with van der Waals surface area (Å²) in [6.45, 7) is -0.0100. The van der Waals surface area contributed by atoms with E-state index in [4.69, 9.17) is 9.84 Å². The Morgan fingerprint density at radius 3 is 2.82 bits per heavy atom. The second-order valence-corrected chi connectivity index (χ2v) is 6.85. The predicted octanol–water partition coefficient (Wildman–Crippen LogP) is 1.57. The summed E-state index contributed by atoms with van der Waals surface area (Å²) in [5.41, 5.74) is -0.00954. The topological polar surface area (TPSA) is 130 Å².